The van der Waals surface area contributed by atoms with Crippen LogP contribution < -0.4 is 15.6 Å². The fourth-order valence-corrected chi connectivity index (χ4v) is 3.45. The molecule has 32 heavy (non-hydrogen) atoms. The lowest BCUT2D eigenvalue weighted by atomic mass is 9.99. The third-order valence-electron chi connectivity index (χ3n) is 5.21. The van der Waals surface area contributed by atoms with Crippen molar-refractivity contribution in [3.63, 3.8) is 0 Å². The second-order valence-corrected chi connectivity index (χ2v) is 7.43. The summed E-state index contributed by atoms with van der Waals surface area (Å²) in [6.07, 6.45) is 0.620. The van der Waals surface area contributed by atoms with Gasteiger partial charge < -0.3 is 15.0 Å². The Kier molecular flexibility index (Phi) is 6.72. The zero-order chi connectivity index (χ0) is 23.3. The molecule has 0 aliphatic rings. The summed E-state index contributed by atoms with van der Waals surface area (Å²) in [5.41, 5.74) is 3.83. The van der Waals surface area contributed by atoms with Gasteiger partial charge in [0.25, 0.3) is 5.56 Å². The van der Waals surface area contributed by atoms with Crippen molar-refractivity contribution >= 4 is 11.6 Å². The van der Waals surface area contributed by atoms with Gasteiger partial charge in [-0.25, -0.2) is 0 Å². The van der Waals surface area contributed by atoms with E-state index in [9.17, 15) is 14.9 Å². The van der Waals surface area contributed by atoms with E-state index in [1.165, 1.54) is 0 Å². The smallest absolute Gasteiger partial charge is 0.266 e. The fraction of sp³-hybridized carbons (Fsp3) is 0.200. The first kappa shape index (κ1) is 22.3. The number of amides is 1. The molecule has 3 aromatic rings. The van der Waals surface area contributed by atoms with Crippen LogP contribution in [0.5, 0.6) is 11.5 Å². The SMILES string of the molecule is Cc1cc(Oc2ccc(C#N)cc2)ccc1NC(=O)CCc1c(C)[nH]c(=O)c(C#N)c1C. The van der Waals surface area contributed by atoms with Crippen molar-refractivity contribution in [3.8, 4) is 23.6 Å². The Labute approximate surface area is 185 Å². The lowest BCUT2D eigenvalue weighted by Crippen LogP contribution is -2.18. The number of ether oxygens (including phenoxy) is 1. The Morgan fingerprint density at radius 2 is 1.72 bits per heavy atom. The van der Waals surface area contributed by atoms with E-state index < -0.39 is 5.56 Å². The summed E-state index contributed by atoms with van der Waals surface area (Å²) >= 11 is 0. The zero-order valence-corrected chi connectivity index (χ0v) is 18.1. The Hall–Kier alpha value is -4.36. The minimum absolute atomic E-state index is 0.0831. The maximum Gasteiger partial charge on any atom is 0.266 e. The van der Waals surface area contributed by atoms with Crippen LogP contribution in [0.1, 0.15) is 39.9 Å². The number of carbonyl (C=O) groups is 1. The van der Waals surface area contributed by atoms with Gasteiger partial charge in [-0.05, 0) is 86.3 Å². The van der Waals surface area contributed by atoms with Gasteiger partial charge in [-0.3, -0.25) is 9.59 Å². The number of carbonyl (C=O) groups excluding carboxylic acids is 1. The first-order chi connectivity index (χ1) is 15.3. The number of benzene rings is 2. The van der Waals surface area contributed by atoms with Gasteiger partial charge >= 0.3 is 0 Å². The number of hydrogen-bond donors (Lipinski definition) is 2. The van der Waals surface area contributed by atoms with Crippen molar-refractivity contribution < 1.29 is 9.53 Å². The van der Waals surface area contributed by atoms with Crippen LogP contribution >= 0.6 is 0 Å². The molecule has 0 bridgehead atoms. The molecule has 160 valence electrons. The topological polar surface area (TPSA) is 119 Å². The molecular formula is C25H22N4O3. The number of nitrogens with zero attached hydrogens (tertiary/aromatic N) is 2. The number of anilines is 1. The van der Waals surface area contributed by atoms with Crippen LogP contribution in [0.3, 0.4) is 0 Å². The number of aryl methyl sites for hydroxylation is 2. The largest absolute Gasteiger partial charge is 0.457 e. The predicted octanol–water partition coefficient (Wildman–Crippen LogP) is 4.41. The second kappa shape index (κ2) is 9.63. The molecular weight excluding hydrogens is 404 g/mol. The normalized spacial score (nSPS) is 10.2. The molecule has 2 N–H and O–H groups in total. The molecule has 0 spiro atoms. The maximum atomic E-state index is 12.5. The number of aromatic amines is 1. The van der Waals surface area contributed by atoms with E-state index in [1.807, 2.05) is 19.1 Å². The molecule has 0 saturated carbocycles. The molecule has 0 saturated heterocycles. The number of rotatable bonds is 6. The molecule has 0 unspecified atom stereocenters. The highest BCUT2D eigenvalue weighted by Crippen LogP contribution is 2.26. The molecule has 7 heteroatoms. The predicted molar refractivity (Wildman–Crippen MR) is 121 cm³/mol. The Morgan fingerprint density at radius 3 is 2.34 bits per heavy atom. The Morgan fingerprint density at radius 1 is 1.03 bits per heavy atom. The van der Waals surface area contributed by atoms with Crippen molar-refractivity contribution in [2.24, 2.45) is 0 Å². The number of H-pyrrole nitrogens is 1. The number of hydrogen-bond acceptors (Lipinski definition) is 5. The molecule has 7 nitrogen and oxygen atoms in total. The summed E-state index contributed by atoms with van der Waals surface area (Å²) in [5.74, 6) is 1.06. The molecule has 0 aliphatic heterocycles. The standard InChI is InChI=1S/C25H22N4O3/c1-15-12-20(32-19-6-4-18(13-26)5-7-19)8-10-23(15)29-24(30)11-9-21-16(2)22(14-27)25(31)28-17(21)3/h4-8,10,12H,9,11H2,1-3H3,(H,28,31)(H,29,30). The van der Waals surface area contributed by atoms with Crippen LogP contribution in [0, 0.1) is 43.4 Å². The molecule has 3 rings (SSSR count). The molecule has 0 atom stereocenters. The van der Waals surface area contributed by atoms with E-state index in [2.05, 4.69) is 16.4 Å². The van der Waals surface area contributed by atoms with Crippen molar-refractivity contribution in [2.75, 3.05) is 5.32 Å². The fourth-order valence-electron chi connectivity index (χ4n) is 3.45. The first-order valence-corrected chi connectivity index (χ1v) is 10.0. The van der Waals surface area contributed by atoms with Crippen LogP contribution in [0.2, 0.25) is 0 Å². The van der Waals surface area contributed by atoms with Crippen LogP contribution in [0.4, 0.5) is 5.69 Å². The molecule has 0 aliphatic carbocycles. The van der Waals surface area contributed by atoms with Crippen LogP contribution in [-0.2, 0) is 11.2 Å². The van der Waals surface area contributed by atoms with E-state index in [0.29, 0.717) is 40.4 Å². The van der Waals surface area contributed by atoms with E-state index in [1.54, 1.807) is 50.2 Å². The third-order valence-corrected chi connectivity index (χ3v) is 5.21. The van der Waals surface area contributed by atoms with Gasteiger partial charge in [0.05, 0.1) is 11.6 Å². The second-order valence-electron chi connectivity index (χ2n) is 7.43. The summed E-state index contributed by atoms with van der Waals surface area (Å²) < 4.78 is 5.80. The third kappa shape index (κ3) is 5.03. The molecule has 0 radical (unpaired) electrons. The summed E-state index contributed by atoms with van der Waals surface area (Å²) in [7, 11) is 0. The van der Waals surface area contributed by atoms with Crippen LogP contribution in [-0.4, -0.2) is 10.9 Å². The molecule has 0 fully saturated rings. The number of pyridine rings is 1. The average molecular weight is 426 g/mol. The summed E-state index contributed by atoms with van der Waals surface area (Å²) in [6.45, 7) is 5.36. The summed E-state index contributed by atoms with van der Waals surface area (Å²) in [6, 6.07) is 16.2. The molecule has 1 amide bonds. The minimum Gasteiger partial charge on any atom is -0.457 e. The van der Waals surface area contributed by atoms with E-state index in [4.69, 9.17) is 10.00 Å². The monoisotopic (exact) mass is 426 g/mol. The minimum atomic E-state index is -0.408. The van der Waals surface area contributed by atoms with E-state index >= 15 is 0 Å². The van der Waals surface area contributed by atoms with Gasteiger partial charge in [0.2, 0.25) is 5.91 Å². The van der Waals surface area contributed by atoms with Crippen molar-refractivity contribution in [1.29, 1.82) is 10.5 Å². The highest BCUT2D eigenvalue weighted by atomic mass is 16.5. The van der Waals surface area contributed by atoms with Crippen LogP contribution in [0.15, 0.2) is 47.3 Å². The lowest BCUT2D eigenvalue weighted by Gasteiger charge is -2.13. The van der Waals surface area contributed by atoms with E-state index in [0.717, 1.165) is 11.1 Å². The summed E-state index contributed by atoms with van der Waals surface area (Å²) in [5, 5.41) is 21.0. The first-order valence-electron chi connectivity index (χ1n) is 10.0. The number of aromatic nitrogens is 1. The highest BCUT2D eigenvalue weighted by Gasteiger charge is 2.14. The average Bonchev–Trinajstić information content (AvgIpc) is 2.76. The van der Waals surface area contributed by atoms with Crippen molar-refractivity contribution in [3.05, 3.63) is 86.3 Å². The number of nitriles is 2. The van der Waals surface area contributed by atoms with Crippen molar-refractivity contribution in [1.82, 2.24) is 4.98 Å². The van der Waals surface area contributed by atoms with Gasteiger partial charge in [-0.1, -0.05) is 0 Å². The Balaban J connectivity index is 1.65. The van der Waals surface area contributed by atoms with E-state index in [-0.39, 0.29) is 17.9 Å². The molecule has 1 aromatic heterocycles. The van der Waals surface area contributed by atoms with Gasteiger partial charge in [-0.2, -0.15) is 10.5 Å². The highest BCUT2D eigenvalue weighted by molar-refractivity contribution is 5.91. The molecule has 1 heterocycles. The van der Waals surface area contributed by atoms with Crippen LogP contribution in [0.25, 0.3) is 0 Å². The quantitative estimate of drug-likeness (QED) is 0.605. The maximum absolute atomic E-state index is 12.5. The van der Waals surface area contributed by atoms with Gasteiger partial charge in [0, 0.05) is 17.8 Å². The van der Waals surface area contributed by atoms with Gasteiger partial charge in [-0.15, -0.1) is 0 Å². The zero-order valence-electron chi connectivity index (χ0n) is 18.1. The number of nitrogens with one attached hydrogen (secondary N) is 2. The lowest BCUT2D eigenvalue weighted by molar-refractivity contribution is -0.116. The van der Waals surface area contributed by atoms with Gasteiger partial charge in [0.1, 0.15) is 23.1 Å². The molecule has 2 aromatic carbocycles. The summed E-state index contributed by atoms with van der Waals surface area (Å²) in [4.78, 5) is 27.0. The van der Waals surface area contributed by atoms with Crippen molar-refractivity contribution in [2.45, 2.75) is 33.6 Å². The Bertz CT molecular complexity index is 1310. The van der Waals surface area contributed by atoms with Gasteiger partial charge in [0.15, 0.2) is 0 Å².